The van der Waals surface area contributed by atoms with Gasteiger partial charge in [0.15, 0.2) is 5.96 Å². The first kappa shape index (κ1) is 50.1. The number of amides is 6. The van der Waals surface area contributed by atoms with Gasteiger partial charge in [0, 0.05) is 37.8 Å². The number of rotatable bonds is 18. The van der Waals surface area contributed by atoms with E-state index >= 15 is 0 Å². The first-order chi connectivity index (χ1) is 26.7. The molecule has 0 spiro atoms. The molecule has 0 bridgehead atoms. The van der Waals surface area contributed by atoms with E-state index in [4.69, 9.17) is 21.4 Å². The number of phosphoric acid groups is 1. The van der Waals surface area contributed by atoms with E-state index in [1.54, 1.807) is 0 Å². The number of anilines is 1. The number of nitro benzene ring substituents is 1. The number of phosphoric ester groups is 1. The van der Waals surface area contributed by atoms with Crippen LogP contribution < -0.4 is 38.1 Å². The van der Waals surface area contributed by atoms with E-state index in [0.29, 0.717) is 6.42 Å². The Kier molecular flexibility index (Phi) is 19.6. The third-order valence-electron chi connectivity index (χ3n) is 7.59. The lowest BCUT2D eigenvalue weighted by Crippen LogP contribution is -2.59. The summed E-state index contributed by atoms with van der Waals surface area (Å²) in [7, 11) is -5.14. The number of non-ortho nitro benzene ring substituents is 1. The molecule has 324 valence electrons. The largest absolute Gasteiger partial charge is 0.490 e. The van der Waals surface area contributed by atoms with Gasteiger partial charge in [0.05, 0.1) is 11.5 Å². The molecular formula is C30H44F3N10O14P. The third-order valence-corrected chi connectivity index (χ3v) is 8.08. The van der Waals surface area contributed by atoms with Gasteiger partial charge in [-0.25, -0.2) is 9.36 Å². The number of nitrogens with two attached hydrogens (primary N) is 2. The van der Waals surface area contributed by atoms with Gasteiger partial charge in [-0.2, -0.15) is 13.2 Å². The molecule has 1 heterocycles. The molecule has 0 saturated carbocycles. The van der Waals surface area contributed by atoms with E-state index in [-0.39, 0.29) is 49.7 Å². The minimum absolute atomic E-state index is 0.0100. The highest BCUT2D eigenvalue weighted by atomic mass is 31.2. The van der Waals surface area contributed by atoms with Crippen LogP contribution in [-0.2, 0) is 42.7 Å². The van der Waals surface area contributed by atoms with E-state index in [1.165, 1.54) is 45.0 Å². The Bertz CT molecular complexity index is 1740. The van der Waals surface area contributed by atoms with Crippen molar-refractivity contribution in [3.63, 3.8) is 0 Å². The van der Waals surface area contributed by atoms with Crippen LogP contribution in [0.2, 0.25) is 0 Å². The number of nitrogens with zero attached hydrogens (tertiary/aromatic N) is 3. The Balaban J connectivity index is 0.00000219. The number of nitrogens with one attached hydrogen (secondary N) is 5. The summed E-state index contributed by atoms with van der Waals surface area (Å²) in [4.78, 5) is 120. The van der Waals surface area contributed by atoms with Crippen LogP contribution in [0.4, 0.5) is 24.5 Å². The molecule has 1 aromatic carbocycles. The topological polar surface area (TPSA) is 377 Å². The number of aliphatic carboxylic acids is 1. The number of carbonyl (C=O) groups is 7. The van der Waals surface area contributed by atoms with Crippen LogP contribution >= 0.6 is 7.82 Å². The molecule has 5 atom stereocenters. The van der Waals surface area contributed by atoms with Crippen molar-refractivity contribution in [2.24, 2.45) is 16.5 Å². The van der Waals surface area contributed by atoms with E-state index < -0.39 is 97.2 Å². The zero-order chi connectivity index (χ0) is 44.5. The molecule has 1 aliphatic rings. The first-order valence-electron chi connectivity index (χ1n) is 16.8. The molecule has 0 aliphatic carbocycles. The van der Waals surface area contributed by atoms with E-state index in [0.717, 1.165) is 4.90 Å². The third kappa shape index (κ3) is 18.4. The predicted molar refractivity (Wildman–Crippen MR) is 193 cm³/mol. The van der Waals surface area contributed by atoms with Gasteiger partial charge in [0.25, 0.3) is 5.69 Å². The maximum absolute atomic E-state index is 13.7. The van der Waals surface area contributed by atoms with Gasteiger partial charge in [-0.15, -0.1) is 0 Å². The van der Waals surface area contributed by atoms with Crippen molar-refractivity contribution in [2.75, 3.05) is 25.0 Å². The molecule has 0 radical (unpaired) electrons. The standard InChI is InChI=1S/C28H43N10O12P.C2HF3O2/c1-15(32-17(3)39)23(40)33-16(2)24(41)36-21(14-50-51(47,48)49)27(44)37-13-5-7-22(37)26(43)35-20(6-4-12-31-28(29)30)25(42)34-18-8-10-19(11-9-18)38(45)46;3-2(4,5)1(6)7/h8-11,15-16,20-22H,4-7,12-14H2,1-3H3,(H,32,39)(H,33,40)(H,34,42)(H,35,43)(H,36,41)(H4,29,30,31)(H2,47,48,49);(H,6,7)/t15-,16-,20-,21-,22-;/m0./s1. The SMILES string of the molecule is CC(=O)N[C@@H](C)C(=O)N[C@@H](C)C(=O)N[C@@H](COP(=O)(O)O)C(=O)N1CCC[C@H]1C(=O)N[C@@H](CCCN=C(N)N)C(=O)Nc1ccc([N+](=O)[O-])cc1.O=C(O)C(F)(F)F. The highest BCUT2D eigenvalue weighted by Gasteiger charge is 2.40. The van der Waals surface area contributed by atoms with Gasteiger partial charge in [-0.3, -0.25) is 48.4 Å². The summed E-state index contributed by atoms with van der Waals surface area (Å²) in [6.07, 6.45) is -4.39. The molecule has 1 saturated heterocycles. The highest BCUT2D eigenvalue weighted by molar-refractivity contribution is 7.46. The van der Waals surface area contributed by atoms with Crippen LogP contribution in [-0.4, -0.2) is 128 Å². The molecule has 1 aromatic rings. The summed E-state index contributed by atoms with van der Waals surface area (Å²) < 4.78 is 47.7. The van der Waals surface area contributed by atoms with Crippen LogP contribution in [0.1, 0.15) is 46.5 Å². The number of halogens is 3. The molecule has 28 heteroatoms. The fourth-order valence-electron chi connectivity index (χ4n) is 4.86. The van der Waals surface area contributed by atoms with E-state index in [1.807, 2.05) is 0 Å². The summed E-state index contributed by atoms with van der Waals surface area (Å²) in [6, 6.07) is -1.45. The summed E-state index contributed by atoms with van der Waals surface area (Å²) in [5.41, 5.74) is 10.7. The number of carbonyl (C=O) groups excluding carboxylic acids is 6. The number of aliphatic imine (C=N–C) groups is 1. The molecule has 12 N–H and O–H groups in total. The number of hydrogen-bond acceptors (Lipinski definition) is 12. The number of carboxylic acids is 1. The minimum atomic E-state index is -5.14. The molecule has 2 rings (SSSR count). The average molecular weight is 857 g/mol. The number of nitro groups is 1. The Morgan fingerprint density at radius 3 is 2.03 bits per heavy atom. The van der Waals surface area contributed by atoms with Gasteiger partial charge in [-0.1, -0.05) is 0 Å². The van der Waals surface area contributed by atoms with Crippen LogP contribution in [0.25, 0.3) is 0 Å². The van der Waals surface area contributed by atoms with Crippen molar-refractivity contribution in [1.29, 1.82) is 0 Å². The number of likely N-dealkylation sites (tertiary alicyclic amines) is 1. The quantitative estimate of drug-likeness (QED) is 0.0197. The number of alkyl halides is 3. The zero-order valence-electron chi connectivity index (χ0n) is 31.1. The molecule has 1 aliphatic heterocycles. The van der Waals surface area contributed by atoms with Crippen molar-refractivity contribution < 1.29 is 75.6 Å². The molecule has 24 nitrogen and oxygen atoms in total. The molecule has 0 unspecified atom stereocenters. The smallest absolute Gasteiger partial charge is 0.475 e. The second-order valence-electron chi connectivity index (χ2n) is 12.3. The number of hydrogen-bond donors (Lipinski definition) is 10. The van der Waals surface area contributed by atoms with Crippen molar-refractivity contribution in [3.05, 3.63) is 34.4 Å². The Labute approximate surface area is 327 Å². The minimum Gasteiger partial charge on any atom is -0.475 e. The van der Waals surface area contributed by atoms with Crippen molar-refractivity contribution in [3.8, 4) is 0 Å². The van der Waals surface area contributed by atoms with Crippen molar-refractivity contribution >= 4 is 66.6 Å². The Morgan fingerprint density at radius 1 is 0.983 bits per heavy atom. The average Bonchev–Trinajstić information content (AvgIpc) is 3.60. The molecule has 6 amide bonds. The normalized spacial score (nSPS) is 15.8. The maximum Gasteiger partial charge on any atom is 0.490 e. The van der Waals surface area contributed by atoms with Gasteiger partial charge in [-0.05, 0) is 51.7 Å². The Hall–Kier alpha value is -5.92. The first-order valence-corrected chi connectivity index (χ1v) is 18.4. The zero-order valence-corrected chi connectivity index (χ0v) is 32.0. The molecule has 0 aromatic heterocycles. The second-order valence-corrected chi connectivity index (χ2v) is 13.5. The second kappa shape index (κ2) is 22.7. The van der Waals surface area contributed by atoms with Gasteiger partial charge < -0.3 is 57.8 Å². The number of benzene rings is 1. The molecular weight excluding hydrogens is 812 g/mol. The summed E-state index contributed by atoms with van der Waals surface area (Å²) in [5.74, 6) is -7.53. The van der Waals surface area contributed by atoms with Gasteiger partial charge in [0.1, 0.15) is 30.2 Å². The molecule has 58 heavy (non-hydrogen) atoms. The lowest BCUT2D eigenvalue weighted by molar-refractivity contribution is -0.384. The Morgan fingerprint density at radius 2 is 1.53 bits per heavy atom. The van der Waals surface area contributed by atoms with Gasteiger partial charge >= 0.3 is 20.0 Å². The summed E-state index contributed by atoms with van der Waals surface area (Å²) in [6.45, 7) is 2.92. The van der Waals surface area contributed by atoms with Crippen LogP contribution in [0.5, 0.6) is 0 Å². The predicted octanol–water partition coefficient (Wildman–Crippen LogP) is -1.68. The lowest BCUT2D eigenvalue weighted by atomic mass is 10.1. The van der Waals surface area contributed by atoms with Crippen molar-refractivity contribution in [1.82, 2.24) is 26.2 Å². The van der Waals surface area contributed by atoms with Crippen LogP contribution in [0.15, 0.2) is 29.3 Å². The van der Waals surface area contributed by atoms with E-state index in [9.17, 15) is 66.4 Å². The van der Waals surface area contributed by atoms with E-state index in [2.05, 4.69) is 36.1 Å². The summed E-state index contributed by atoms with van der Waals surface area (Å²) in [5, 5.41) is 30.2. The monoisotopic (exact) mass is 856 g/mol. The number of guanidine groups is 1. The number of carboxylic acid groups (broad SMARTS) is 1. The maximum atomic E-state index is 13.7. The van der Waals surface area contributed by atoms with Crippen LogP contribution in [0.3, 0.4) is 0 Å². The van der Waals surface area contributed by atoms with Crippen LogP contribution in [0, 0.1) is 10.1 Å². The highest BCUT2D eigenvalue weighted by Crippen LogP contribution is 2.36. The fraction of sp³-hybridized carbons (Fsp3) is 0.533. The van der Waals surface area contributed by atoms with Gasteiger partial charge in [0.2, 0.25) is 35.4 Å². The molecule has 1 fully saturated rings. The fourth-order valence-corrected chi connectivity index (χ4v) is 5.20. The lowest BCUT2D eigenvalue weighted by Gasteiger charge is -2.30. The summed E-state index contributed by atoms with van der Waals surface area (Å²) >= 11 is 0. The van der Waals surface area contributed by atoms with Crippen molar-refractivity contribution in [2.45, 2.75) is 82.8 Å².